The number of likely N-dealkylation sites (N-methyl/N-ethyl adjacent to an activating group) is 1. The maximum atomic E-state index is 13.1. The number of halogens is 2. The topological polar surface area (TPSA) is 32.3 Å². The van der Waals surface area contributed by atoms with Crippen LogP contribution < -0.4 is 5.32 Å². The van der Waals surface area contributed by atoms with Gasteiger partial charge < -0.3 is 10.4 Å². The van der Waals surface area contributed by atoms with Gasteiger partial charge in [-0.1, -0.05) is 11.6 Å². The predicted octanol–water partition coefficient (Wildman–Crippen LogP) is 1.95. The molecule has 4 heteroatoms. The highest BCUT2D eigenvalue weighted by Crippen LogP contribution is 2.28. The Kier molecular flexibility index (Phi) is 3.51. The van der Waals surface area contributed by atoms with Crippen molar-refractivity contribution < 1.29 is 9.50 Å². The van der Waals surface area contributed by atoms with Crippen molar-refractivity contribution in [2.24, 2.45) is 0 Å². The zero-order valence-electron chi connectivity index (χ0n) is 7.27. The molecule has 2 nitrogen and oxygen atoms in total. The Morgan fingerprint density at radius 3 is 2.85 bits per heavy atom. The van der Waals surface area contributed by atoms with Crippen LogP contribution in [0.5, 0.6) is 5.75 Å². The lowest BCUT2D eigenvalue weighted by atomic mass is 10.1. The Balaban J connectivity index is 2.96. The number of benzene rings is 1. The van der Waals surface area contributed by atoms with Gasteiger partial charge in [0.2, 0.25) is 0 Å². The van der Waals surface area contributed by atoms with Crippen molar-refractivity contribution in [3.63, 3.8) is 0 Å². The number of hydrogen-bond acceptors (Lipinski definition) is 2. The second kappa shape index (κ2) is 4.44. The zero-order valence-corrected chi connectivity index (χ0v) is 8.03. The molecule has 0 aliphatic heterocycles. The molecule has 0 heterocycles. The maximum Gasteiger partial charge on any atom is 0.134 e. The standard InChI is InChI=1S/C9H11ClFNO/c1-12-5-4-6-7(11)2-3-8(13)9(6)10/h2-3,12-13H,4-5H2,1H3. The molecule has 0 radical (unpaired) electrons. The number of phenols is 1. The molecule has 0 spiro atoms. The van der Waals surface area contributed by atoms with Crippen molar-refractivity contribution >= 4 is 11.6 Å². The van der Waals surface area contributed by atoms with E-state index in [1.807, 2.05) is 0 Å². The van der Waals surface area contributed by atoms with Crippen molar-refractivity contribution in [1.82, 2.24) is 5.32 Å². The van der Waals surface area contributed by atoms with Crippen LogP contribution in [0.3, 0.4) is 0 Å². The molecule has 1 aromatic rings. The lowest BCUT2D eigenvalue weighted by Gasteiger charge is -2.06. The van der Waals surface area contributed by atoms with Crippen molar-refractivity contribution in [1.29, 1.82) is 0 Å². The average Bonchev–Trinajstić information content (AvgIpc) is 2.12. The lowest BCUT2D eigenvalue weighted by molar-refractivity contribution is 0.471. The van der Waals surface area contributed by atoms with E-state index in [1.165, 1.54) is 12.1 Å². The monoisotopic (exact) mass is 203 g/mol. The SMILES string of the molecule is CNCCc1c(F)ccc(O)c1Cl. The molecule has 0 aliphatic carbocycles. The maximum absolute atomic E-state index is 13.1. The summed E-state index contributed by atoms with van der Waals surface area (Å²) in [6.45, 7) is 0.625. The summed E-state index contributed by atoms with van der Waals surface area (Å²) in [5.41, 5.74) is 0.357. The van der Waals surface area contributed by atoms with Gasteiger partial charge in [-0.25, -0.2) is 4.39 Å². The molecule has 0 saturated heterocycles. The van der Waals surface area contributed by atoms with Crippen LogP contribution in [-0.4, -0.2) is 18.7 Å². The quantitative estimate of drug-likeness (QED) is 0.787. The summed E-state index contributed by atoms with van der Waals surface area (Å²) >= 11 is 5.72. The van der Waals surface area contributed by atoms with E-state index in [0.717, 1.165) is 0 Å². The predicted molar refractivity (Wildman–Crippen MR) is 50.7 cm³/mol. The van der Waals surface area contributed by atoms with Crippen LogP contribution >= 0.6 is 11.6 Å². The van der Waals surface area contributed by atoms with Crippen molar-refractivity contribution in [2.75, 3.05) is 13.6 Å². The van der Waals surface area contributed by atoms with E-state index in [9.17, 15) is 9.50 Å². The molecule has 0 bridgehead atoms. The minimum absolute atomic E-state index is 0.0748. The lowest BCUT2D eigenvalue weighted by Crippen LogP contribution is -2.11. The van der Waals surface area contributed by atoms with E-state index in [2.05, 4.69) is 5.32 Å². The van der Waals surface area contributed by atoms with Crippen LogP contribution in [0.15, 0.2) is 12.1 Å². The van der Waals surface area contributed by atoms with Crippen LogP contribution in [0, 0.1) is 5.82 Å². The van der Waals surface area contributed by atoms with Gasteiger partial charge in [-0.3, -0.25) is 0 Å². The average molecular weight is 204 g/mol. The zero-order chi connectivity index (χ0) is 9.84. The Labute approximate surface area is 81.3 Å². The first-order valence-electron chi connectivity index (χ1n) is 3.97. The molecule has 0 unspecified atom stereocenters. The Morgan fingerprint density at radius 2 is 2.23 bits per heavy atom. The minimum atomic E-state index is -0.377. The van der Waals surface area contributed by atoms with Gasteiger partial charge >= 0.3 is 0 Å². The van der Waals surface area contributed by atoms with Gasteiger partial charge in [0, 0.05) is 5.56 Å². The fourth-order valence-corrected chi connectivity index (χ4v) is 1.31. The number of hydrogen-bond donors (Lipinski definition) is 2. The third kappa shape index (κ3) is 2.32. The summed E-state index contributed by atoms with van der Waals surface area (Å²) in [4.78, 5) is 0. The largest absolute Gasteiger partial charge is 0.506 e. The molecule has 0 amide bonds. The van der Waals surface area contributed by atoms with Gasteiger partial charge in [-0.2, -0.15) is 0 Å². The van der Waals surface area contributed by atoms with Gasteiger partial charge in [0.25, 0.3) is 0 Å². The summed E-state index contributed by atoms with van der Waals surface area (Å²) in [5, 5.41) is 12.2. The first-order valence-corrected chi connectivity index (χ1v) is 4.35. The fourth-order valence-electron chi connectivity index (χ4n) is 1.06. The summed E-state index contributed by atoms with van der Waals surface area (Å²) in [6, 6.07) is 2.47. The van der Waals surface area contributed by atoms with Crippen LogP contribution in [0.25, 0.3) is 0 Å². The molecule has 1 aromatic carbocycles. The van der Waals surface area contributed by atoms with Gasteiger partial charge in [0.05, 0.1) is 5.02 Å². The highest BCUT2D eigenvalue weighted by molar-refractivity contribution is 6.32. The summed E-state index contributed by atoms with van der Waals surface area (Å²) in [7, 11) is 1.77. The molecular formula is C9H11ClFNO. The van der Waals surface area contributed by atoms with Crippen LogP contribution in [0.2, 0.25) is 5.02 Å². The van der Waals surface area contributed by atoms with Gasteiger partial charge in [0.1, 0.15) is 11.6 Å². The van der Waals surface area contributed by atoms with Gasteiger partial charge in [-0.15, -0.1) is 0 Å². The Morgan fingerprint density at radius 1 is 1.54 bits per heavy atom. The molecule has 0 aliphatic rings. The molecule has 13 heavy (non-hydrogen) atoms. The Bertz CT molecular complexity index is 304. The van der Waals surface area contributed by atoms with Gasteiger partial charge in [-0.05, 0) is 32.1 Å². The number of rotatable bonds is 3. The van der Waals surface area contributed by atoms with Crippen molar-refractivity contribution in [2.45, 2.75) is 6.42 Å². The first kappa shape index (κ1) is 10.3. The van der Waals surface area contributed by atoms with Crippen molar-refractivity contribution in [3.8, 4) is 5.75 Å². The van der Waals surface area contributed by atoms with E-state index < -0.39 is 0 Å². The third-order valence-corrected chi connectivity index (χ3v) is 2.21. The van der Waals surface area contributed by atoms with Crippen LogP contribution in [0.1, 0.15) is 5.56 Å². The van der Waals surface area contributed by atoms with Crippen LogP contribution in [-0.2, 0) is 6.42 Å². The second-order valence-corrected chi connectivity index (χ2v) is 3.09. The molecule has 0 saturated carbocycles. The summed E-state index contributed by atoms with van der Waals surface area (Å²) in [6.07, 6.45) is 0.468. The molecule has 0 atom stereocenters. The molecule has 0 fully saturated rings. The van der Waals surface area contributed by atoms with E-state index in [0.29, 0.717) is 18.5 Å². The van der Waals surface area contributed by atoms with E-state index in [-0.39, 0.29) is 16.6 Å². The smallest absolute Gasteiger partial charge is 0.134 e. The van der Waals surface area contributed by atoms with E-state index in [1.54, 1.807) is 7.05 Å². The molecule has 2 N–H and O–H groups in total. The minimum Gasteiger partial charge on any atom is -0.506 e. The third-order valence-electron chi connectivity index (χ3n) is 1.79. The fraction of sp³-hybridized carbons (Fsp3) is 0.333. The normalized spacial score (nSPS) is 10.4. The summed E-state index contributed by atoms with van der Waals surface area (Å²) < 4.78 is 13.1. The number of phenolic OH excluding ortho intramolecular Hbond substituents is 1. The molecular weight excluding hydrogens is 193 g/mol. The molecule has 0 aromatic heterocycles. The highest BCUT2D eigenvalue weighted by Gasteiger charge is 2.10. The number of nitrogens with one attached hydrogen (secondary N) is 1. The van der Waals surface area contributed by atoms with E-state index >= 15 is 0 Å². The first-order chi connectivity index (χ1) is 6.16. The summed E-state index contributed by atoms with van der Waals surface area (Å²) in [5.74, 6) is -0.452. The second-order valence-electron chi connectivity index (χ2n) is 2.71. The van der Waals surface area contributed by atoms with Crippen LogP contribution in [0.4, 0.5) is 4.39 Å². The van der Waals surface area contributed by atoms with Gasteiger partial charge in [0.15, 0.2) is 0 Å². The molecule has 72 valence electrons. The Hall–Kier alpha value is -0.800. The number of aromatic hydroxyl groups is 1. The highest BCUT2D eigenvalue weighted by atomic mass is 35.5. The van der Waals surface area contributed by atoms with E-state index in [4.69, 9.17) is 11.6 Å². The molecule has 1 rings (SSSR count). The van der Waals surface area contributed by atoms with Crippen molar-refractivity contribution in [3.05, 3.63) is 28.5 Å².